The van der Waals surface area contributed by atoms with E-state index in [0.29, 0.717) is 47.2 Å². The van der Waals surface area contributed by atoms with Crippen LogP contribution in [0, 0.1) is 24.0 Å². The Morgan fingerprint density at radius 2 is 1.81 bits per heavy atom. The fourth-order valence-corrected chi connectivity index (χ4v) is 8.94. The van der Waals surface area contributed by atoms with Crippen LogP contribution in [0.3, 0.4) is 0 Å². The molecule has 0 unspecified atom stereocenters. The van der Waals surface area contributed by atoms with Gasteiger partial charge in [-0.25, -0.2) is 13.6 Å². The number of terminal acetylenes is 1. The number of rotatable bonds is 7. The zero-order chi connectivity index (χ0) is 36.4. The average Bonchev–Trinajstić information content (AvgIpc) is 3.77. The summed E-state index contributed by atoms with van der Waals surface area (Å²) in [5.41, 5.74) is 0.479. The number of methoxy groups -OCH3 is 1. The third-order valence-electron chi connectivity index (χ3n) is 11.1. The van der Waals surface area contributed by atoms with Gasteiger partial charge in [0.2, 0.25) is 0 Å². The van der Waals surface area contributed by atoms with Crippen LogP contribution in [0.4, 0.5) is 19.4 Å². The Morgan fingerprint density at radius 3 is 2.48 bits per heavy atom. The van der Waals surface area contributed by atoms with Gasteiger partial charge in [-0.3, -0.25) is 9.88 Å². The molecule has 0 spiro atoms. The van der Waals surface area contributed by atoms with Crippen LogP contribution < -0.4 is 9.64 Å². The lowest BCUT2D eigenvalue weighted by Gasteiger charge is -2.42. The molecule has 272 valence electrons. The highest BCUT2D eigenvalue weighted by Crippen LogP contribution is 2.43. The predicted molar refractivity (Wildman–Crippen MR) is 194 cm³/mol. The largest absolute Gasteiger partial charge is 0.461 e. The van der Waals surface area contributed by atoms with Crippen molar-refractivity contribution in [3.05, 3.63) is 53.2 Å². The van der Waals surface area contributed by atoms with Crippen molar-refractivity contribution in [1.29, 1.82) is 0 Å². The van der Waals surface area contributed by atoms with Gasteiger partial charge in [-0.1, -0.05) is 12.0 Å². The van der Waals surface area contributed by atoms with Crippen molar-refractivity contribution >= 4 is 33.6 Å². The maximum atomic E-state index is 17.3. The van der Waals surface area contributed by atoms with E-state index in [2.05, 4.69) is 20.7 Å². The number of fused-ring (bicyclic) bond motifs is 5. The van der Waals surface area contributed by atoms with E-state index in [-0.39, 0.29) is 53.1 Å². The van der Waals surface area contributed by atoms with Gasteiger partial charge in [-0.15, -0.1) is 6.42 Å². The van der Waals surface area contributed by atoms with E-state index in [1.807, 2.05) is 26.8 Å². The summed E-state index contributed by atoms with van der Waals surface area (Å²) in [5, 5.41) is 1.46. The second-order valence-corrected chi connectivity index (χ2v) is 15.6. The van der Waals surface area contributed by atoms with E-state index in [1.165, 1.54) is 6.07 Å². The number of likely N-dealkylation sites (tertiary alicyclic amines) is 1. The first-order valence-electron chi connectivity index (χ1n) is 18.2. The third kappa shape index (κ3) is 5.97. The van der Waals surface area contributed by atoms with Crippen LogP contribution in [0.25, 0.3) is 32.9 Å². The highest BCUT2D eigenvalue weighted by molar-refractivity contribution is 6.02. The third-order valence-corrected chi connectivity index (χ3v) is 11.1. The standard InChI is InChI=1S/C40H44F2N6O4/c1-6-28-31(41)12-9-25-17-24(22-50-5)18-29(32(25)28)34-33(42)35-30(19-43-34)36(45-37(44-35)51-23-40-13-7-15-47(40)16-8-14-40)48-26-10-11-27(48)21-46(20-26)38(49)52-39(2,3)4/h1,9,12,17-19,26-27H,7-8,10-11,13-16,20-23H2,2-5H3/t26-,27+. The monoisotopic (exact) mass is 710 g/mol. The number of hydrogen-bond donors (Lipinski definition) is 0. The zero-order valence-corrected chi connectivity index (χ0v) is 30.2. The number of halogens is 2. The second kappa shape index (κ2) is 13.1. The van der Waals surface area contributed by atoms with Gasteiger partial charge in [0, 0.05) is 49.4 Å². The zero-order valence-electron chi connectivity index (χ0n) is 30.2. The number of anilines is 1. The number of amides is 1. The van der Waals surface area contributed by atoms with Crippen LogP contribution >= 0.6 is 0 Å². The molecule has 0 saturated carbocycles. The van der Waals surface area contributed by atoms with E-state index in [4.69, 9.17) is 30.6 Å². The first-order chi connectivity index (χ1) is 25.0. The molecule has 0 aliphatic carbocycles. The summed E-state index contributed by atoms with van der Waals surface area (Å²) < 4.78 is 50.0. The molecule has 52 heavy (non-hydrogen) atoms. The van der Waals surface area contributed by atoms with Crippen molar-refractivity contribution in [2.45, 2.75) is 89.1 Å². The van der Waals surface area contributed by atoms with Crippen molar-refractivity contribution in [2.75, 3.05) is 44.8 Å². The Hall–Kier alpha value is -4.60. The molecule has 2 bridgehead atoms. The van der Waals surface area contributed by atoms with Crippen LogP contribution in [0.5, 0.6) is 6.01 Å². The number of hydrogen-bond acceptors (Lipinski definition) is 9. The number of piperazine rings is 1. The summed E-state index contributed by atoms with van der Waals surface area (Å²) in [7, 11) is 1.58. The fourth-order valence-electron chi connectivity index (χ4n) is 8.94. The molecule has 4 aromatic rings. The SMILES string of the molecule is C#Cc1c(F)ccc2cc(COC)cc(-c3ncc4c(N5[C@@H]6CC[C@H]5CN(C(=O)OC(C)(C)C)C6)nc(OCC56CCCN5CCC6)nc4c3F)c12. The highest BCUT2D eigenvalue weighted by Gasteiger charge is 2.46. The molecule has 2 atom stereocenters. The summed E-state index contributed by atoms with van der Waals surface area (Å²) in [4.78, 5) is 33.9. The second-order valence-electron chi connectivity index (χ2n) is 15.6. The molecule has 10 nitrogen and oxygen atoms in total. The number of pyridine rings is 1. The molecule has 4 aliphatic heterocycles. The lowest BCUT2D eigenvalue weighted by molar-refractivity contribution is 0.0209. The summed E-state index contributed by atoms with van der Waals surface area (Å²) >= 11 is 0. The Kier molecular flexibility index (Phi) is 8.70. The van der Waals surface area contributed by atoms with Gasteiger partial charge in [0.25, 0.3) is 0 Å². The van der Waals surface area contributed by atoms with E-state index in [9.17, 15) is 4.79 Å². The minimum Gasteiger partial charge on any atom is -0.461 e. The minimum atomic E-state index is -0.685. The van der Waals surface area contributed by atoms with Crippen molar-refractivity contribution in [3.63, 3.8) is 0 Å². The molecule has 0 radical (unpaired) electrons. The predicted octanol–water partition coefficient (Wildman–Crippen LogP) is 6.85. The molecule has 0 N–H and O–H groups in total. The van der Waals surface area contributed by atoms with E-state index in [1.54, 1.807) is 30.3 Å². The van der Waals surface area contributed by atoms with Crippen molar-refractivity contribution < 1.29 is 27.8 Å². The van der Waals surface area contributed by atoms with Crippen LogP contribution in [-0.2, 0) is 16.1 Å². The summed E-state index contributed by atoms with van der Waals surface area (Å²) in [6, 6.07) is 6.48. The Morgan fingerprint density at radius 1 is 1.08 bits per heavy atom. The van der Waals surface area contributed by atoms with E-state index < -0.39 is 17.2 Å². The number of aromatic nitrogens is 3. The number of ether oxygens (including phenoxy) is 3. The molecule has 2 aromatic heterocycles. The molecule has 4 aliphatic rings. The van der Waals surface area contributed by atoms with Crippen LogP contribution in [0.1, 0.15) is 70.4 Å². The molecule has 8 rings (SSSR count). The Balaban J connectivity index is 1.25. The van der Waals surface area contributed by atoms with Gasteiger partial charge >= 0.3 is 12.1 Å². The molecule has 4 fully saturated rings. The maximum absolute atomic E-state index is 17.3. The van der Waals surface area contributed by atoms with E-state index in [0.717, 1.165) is 57.2 Å². The summed E-state index contributed by atoms with van der Waals surface area (Å²) in [6.45, 7) is 9.20. The van der Waals surface area contributed by atoms with Crippen molar-refractivity contribution in [3.8, 4) is 29.6 Å². The van der Waals surface area contributed by atoms with Crippen LogP contribution in [0.15, 0.2) is 30.5 Å². The Bertz CT molecular complexity index is 2090. The van der Waals surface area contributed by atoms with Crippen molar-refractivity contribution in [2.24, 2.45) is 0 Å². The smallest absolute Gasteiger partial charge is 0.410 e. The summed E-state index contributed by atoms with van der Waals surface area (Å²) in [6.07, 6.45) is 13.0. The van der Waals surface area contributed by atoms with Gasteiger partial charge in [-0.05, 0) is 102 Å². The van der Waals surface area contributed by atoms with Crippen LogP contribution in [0.2, 0.25) is 0 Å². The Labute approximate surface area is 302 Å². The first kappa shape index (κ1) is 34.5. The molecular formula is C40H44F2N6O4. The maximum Gasteiger partial charge on any atom is 0.410 e. The topological polar surface area (TPSA) is 93.2 Å². The van der Waals surface area contributed by atoms with Gasteiger partial charge < -0.3 is 24.0 Å². The number of carbonyl (C=O) groups excluding carboxylic acids is 1. The van der Waals surface area contributed by atoms with Gasteiger partial charge in [0.05, 0.1) is 23.1 Å². The number of nitrogens with zero attached hydrogens (tertiary/aromatic N) is 6. The number of benzene rings is 2. The van der Waals surface area contributed by atoms with Crippen LogP contribution in [-0.4, -0.2) is 94.0 Å². The van der Waals surface area contributed by atoms with E-state index >= 15 is 8.78 Å². The summed E-state index contributed by atoms with van der Waals surface area (Å²) in [5.74, 6) is 1.73. The fraction of sp³-hybridized carbons (Fsp3) is 0.500. The number of carbonyl (C=O) groups is 1. The highest BCUT2D eigenvalue weighted by atomic mass is 19.1. The lowest BCUT2D eigenvalue weighted by atomic mass is 9.94. The van der Waals surface area contributed by atoms with Gasteiger partial charge in [0.1, 0.15) is 35.1 Å². The molecular weight excluding hydrogens is 666 g/mol. The molecule has 2 aromatic carbocycles. The quantitative estimate of drug-likeness (QED) is 0.191. The minimum absolute atomic E-state index is 0.0118. The molecule has 6 heterocycles. The molecule has 1 amide bonds. The lowest BCUT2D eigenvalue weighted by Crippen LogP contribution is -2.56. The first-order valence-corrected chi connectivity index (χ1v) is 18.2. The normalized spacial score (nSPS) is 21.2. The van der Waals surface area contributed by atoms with Gasteiger partial charge in [-0.2, -0.15) is 9.97 Å². The van der Waals surface area contributed by atoms with Crippen molar-refractivity contribution in [1.82, 2.24) is 24.8 Å². The van der Waals surface area contributed by atoms with Gasteiger partial charge in [0.15, 0.2) is 5.82 Å². The molecule has 12 heteroatoms. The molecule has 4 saturated heterocycles. The average molecular weight is 711 g/mol.